The number of nitrogens with two attached hydrogens (primary N) is 1. The van der Waals surface area contributed by atoms with E-state index in [9.17, 15) is 0 Å². The minimum atomic E-state index is 0. The number of nitrogens with zero attached hydrogens (tertiary/aromatic N) is 3. The number of piperidine rings is 1. The number of rotatable bonds is 5. The van der Waals surface area contributed by atoms with E-state index in [0.29, 0.717) is 18.5 Å². The number of aryl methyl sites for hydroxylation is 1. The van der Waals surface area contributed by atoms with Crippen molar-refractivity contribution in [1.29, 1.82) is 0 Å². The lowest BCUT2D eigenvalue weighted by molar-refractivity contribution is 0.199. The smallest absolute Gasteiger partial charge is 0.189 e. The minimum absolute atomic E-state index is 0. The molecule has 0 spiro atoms. The van der Waals surface area contributed by atoms with Crippen molar-refractivity contribution in [2.45, 2.75) is 38.9 Å². The van der Waals surface area contributed by atoms with Gasteiger partial charge in [0, 0.05) is 30.6 Å². The molecule has 2 aromatic rings. The number of hydrogen-bond donors (Lipinski definition) is 2. The van der Waals surface area contributed by atoms with E-state index in [1.54, 1.807) is 11.3 Å². The fourth-order valence-corrected chi connectivity index (χ4v) is 3.67. The molecule has 0 atom stereocenters. The number of thiazole rings is 1. The first-order valence-corrected chi connectivity index (χ1v) is 9.30. The normalized spacial score (nSPS) is 16.4. The van der Waals surface area contributed by atoms with Crippen LogP contribution in [0.4, 0.5) is 0 Å². The Kier molecular flexibility index (Phi) is 8.11. The van der Waals surface area contributed by atoms with Crippen LogP contribution in [0.15, 0.2) is 40.8 Å². The average molecular weight is 471 g/mol. The Morgan fingerprint density at radius 2 is 2.04 bits per heavy atom. The molecule has 0 amide bonds. The Bertz CT molecular complexity index is 665. The Morgan fingerprint density at radius 1 is 1.32 bits per heavy atom. The van der Waals surface area contributed by atoms with Gasteiger partial charge in [0.1, 0.15) is 0 Å². The van der Waals surface area contributed by atoms with Gasteiger partial charge in [-0.05, 0) is 25.3 Å². The van der Waals surface area contributed by atoms with Crippen molar-refractivity contribution in [1.82, 2.24) is 15.2 Å². The number of halogens is 1. The Morgan fingerprint density at radius 3 is 2.68 bits per heavy atom. The highest BCUT2D eigenvalue weighted by atomic mass is 127. The molecule has 136 valence electrons. The standard InChI is InChI=1S/C18H25N5S.HI/c1-14-17(24-13-21-14)11-20-18(19)22-16-7-9-23(10-8-16)12-15-5-3-2-4-6-15;/h2-6,13,16H,7-12H2,1H3,(H3,19,20,22);1H. The van der Waals surface area contributed by atoms with Gasteiger partial charge < -0.3 is 11.1 Å². The van der Waals surface area contributed by atoms with Crippen molar-refractivity contribution in [3.63, 3.8) is 0 Å². The summed E-state index contributed by atoms with van der Waals surface area (Å²) in [6.45, 7) is 5.83. The number of nitrogens with one attached hydrogen (secondary N) is 1. The molecule has 1 aromatic carbocycles. The lowest BCUT2D eigenvalue weighted by Crippen LogP contribution is -2.46. The predicted octanol–water partition coefficient (Wildman–Crippen LogP) is 3.14. The van der Waals surface area contributed by atoms with Gasteiger partial charge in [-0.3, -0.25) is 4.90 Å². The lowest BCUT2D eigenvalue weighted by atomic mass is 10.0. The van der Waals surface area contributed by atoms with Gasteiger partial charge in [0.2, 0.25) is 0 Å². The van der Waals surface area contributed by atoms with Gasteiger partial charge >= 0.3 is 0 Å². The molecule has 5 nitrogen and oxygen atoms in total. The van der Waals surface area contributed by atoms with Crippen LogP contribution < -0.4 is 11.1 Å². The maximum atomic E-state index is 6.04. The van der Waals surface area contributed by atoms with Gasteiger partial charge in [-0.25, -0.2) is 9.98 Å². The second kappa shape index (κ2) is 10.1. The van der Waals surface area contributed by atoms with Crippen LogP contribution in [0, 0.1) is 6.92 Å². The molecule has 0 saturated carbocycles. The van der Waals surface area contributed by atoms with Crippen molar-refractivity contribution < 1.29 is 0 Å². The highest BCUT2D eigenvalue weighted by Gasteiger charge is 2.19. The summed E-state index contributed by atoms with van der Waals surface area (Å²) in [5.41, 5.74) is 10.3. The van der Waals surface area contributed by atoms with Crippen LogP contribution in [0.3, 0.4) is 0 Å². The number of guanidine groups is 1. The largest absolute Gasteiger partial charge is 0.370 e. The summed E-state index contributed by atoms with van der Waals surface area (Å²) in [5.74, 6) is 0.546. The Labute approximate surface area is 170 Å². The molecule has 1 aliphatic rings. The van der Waals surface area contributed by atoms with E-state index < -0.39 is 0 Å². The average Bonchev–Trinajstić information content (AvgIpc) is 3.01. The molecule has 1 saturated heterocycles. The third kappa shape index (κ3) is 6.23. The minimum Gasteiger partial charge on any atom is -0.370 e. The highest BCUT2D eigenvalue weighted by Crippen LogP contribution is 2.15. The first kappa shape index (κ1) is 20.1. The number of benzene rings is 1. The molecule has 7 heteroatoms. The van der Waals surface area contributed by atoms with Crippen molar-refractivity contribution in [3.8, 4) is 0 Å². The second-order valence-electron chi connectivity index (χ2n) is 6.24. The predicted molar refractivity (Wildman–Crippen MR) is 115 cm³/mol. The molecule has 0 bridgehead atoms. The second-order valence-corrected chi connectivity index (χ2v) is 7.18. The SMILES string of the molecule is Cc1ncsc1CN=C(N)NC1CCN(Cc2ccccc2)CC1.I. The zero-order valence-electron chi connectivity index (χ0n) is 14.5. The van der Waals surface area contributed by atoms with Gasteiger partial charge in [-0.1, -0.05) is 30.3 Å². The van der Waals surface area contributed by atoms with Crippen LogP contribution in [0.2, 0.25) is 0 Å². The molecule has 25 heavy (non-hydrogen) atoms. The first-order valence-electron chi connectivity index (χ1n) is 8.42. The van der Waals surface area contributed by atoms with Gasteiger partial charge in [-0.15, -0.1) is 35.3 Å². The van der Waals surface area contributed by atoms with E-state index in [1.807, 2.05) is 12.4 Å². The molecular weight excluding hydrogens is 445 g/mol. The van der Waals surface area contributed by atoms with Crippen LogP contribution in [-0.2, 0) is 13.1 Å². The Balaban J connectivity index is 0.00000225. The summed E-state index contributed by atoms with van der Waals surface area (Å²) in [7, 11) is 0. The molecule has 0 radical (unpaired) electrons. The number of aromatic nitrogens is 1. The maximum absolute atomic E-state index is 6.04. The van der Waals surface area contributed by atoms with E-state index in [2.05, 4.69) is 50.5 Å². The van der Waals surface area contributed by atoms with E-state index in [0.717, 1.165) is 38.2 Å². The highest BCUT2D eigenvalue weighted by molar-refractivity contribution is 14.0. The Hall–Kier alpha value is -1.19. The summed E-state index contributed by atoms with van der Waals surface area (Å²) in [4.78, 5) is 12.4. The van der Waals surface area contributed by atoms with Gasteiger partial charge in [-0.2, -0.15) is 0 Å². The van der Waals surface area contributed by atoms with E-state index in [-0.39, 0.29) is 24.0 Å². The van der Waals surface area contributed by atoms with Gasteiger partial charge in [0.25, 0.3) is 0 Å². The summed E-state index contributed by atoms with van der Waals surface area (Å²) >= 11 is 1.63. The molecule has 0 unspecified atom stereocenters. The van der Waals surface area contributed by atoms with Crippen molar-refractivity contribution in [3.05, 3.63) is 52.0 Å². The lowest BCUT2D eigenvalue weighted by Gasteiger charge is -2.32. The summed E-state index contributed by atoms with van der Waals surface area (Å²) in [6.07, 6.45) is 2.20. The summed E-state index contributed by atoms with van der Waals surface area (Å²) in [5, 5.41) is 3.37. The molecule has 1 aromatic heterocycles. The molecule has 1 aliphatic heterocycles. The fraction of sp³-hybridized carbons (Fsp3) is 0.444. The molecule has 0 aliphatic carbocycles. The zero-order chi connectivity index (χ0) is 16.8. The topological polar surface area (TPSA) is 66.5 Å². The molecule has 2 heterocycles. The first-order chi connectivity index (χ1) is 11.7. The van der Waals surface area contributed by atoms with Crippen molar-refractivity contribution in [2.24, 2.45) is 10.7 Å². The quantitative estimate of drug-likeness (QED) is 0.400. The molecular formula is C18H26IN5S. The van der Waals surface area contributed by atoms with E-state index >= 15 is 0 Å². The van der Waals surface area contributed by atoms with Crippen molar-refractivity contribution in [2.75, 3.05) is 13.1 Å². The van der Waals surface area contributed by atoms with Crippen LogP contribution in [-0.4, -0.2) is 35.0 Å². The van der Waals surface area contributed by atoms with E-state index in [1.165, 1.54) is 10.4 Å². The van der Waals surface area contributed by atoms with E-state index in [4.69, 9.17) is 5.73 Å². The molecule has 3 rings (SSSR count). The van der Waals surface area contributed by atoms with Crippen molar-refractivity contribution >= 4 is 41.3 Å². The monoisotopic (exact) mass is 471 g/mol. The zero-order valence-corrected chi connectivity index (χ0v) is 17.7. The van der Waals surface area contributed by atoms with Crippen LogP contribution in [0.5, 0.6) is 0 Å². The third-order valence-corrected chi connectivity index (χ3v) is 5.35. The third-order valence-electron chi connectivity index (χ3n) is 4.43. The van der Waals surface area contributed by atoms with Crippen LogP contribution >= 0.6 is 35.3 Å². The van der Waals surface area contributed by atoms with Gasteiger partial charge in [0.15, 0.2) is 5.96 Å². The number of aliphatic imine (C=N–C) groups is 1. The fourth-order valence-electron chi connectivity index (χ4n) is 2.97. The molecule has 1 fully saturated rings. The molecule has 3 N–H and O–H groups in total. The van der Waals surface area contributed by atoms with Crippen LogP contribution in [0.1, 0.15) is 29.0 Å². The number of likely N-dealkylation sites (tertiary alicyclic amines) is 1. The summed E-state index contributed by atoms with van der Waals surface area (Å²) < 4.78 is 0. The van der Waals surface area contributed by atoms with Gasteiger partial charge in [0.05, 0.1) is 17.7 Å². The summed E-state index contributed by atoms with van der Waals surface area (Å²) in [6, 6.07) is 11.1. The maximum Gasteiger partial charge on any atom is 0.189 e. The van der Waals surface area contributed by atoms with Crippen LogP contribution in [0.25, 0.3) is 0 Å². The number of hydrogen-bond acceptors (Lipinski definition) is 4.